The third kappa shape index (κ3) is 3.09. The number of carboxylic acid groups (broad SMARTS) is 1. The molecule has 1 aromatic carbocycles. The minimum atomic E-state index is -4.00. The molecule has 2 N–H and O–H groups in total. The number of halogens is 2. The highest BCUT2D eigenvalue weighted by Crippen LogP contribution is 2.28. The zero-order valence-electron chi connectivity index (χ0n) is 9.63. The average Bonchev–Trinajstić information content (AvgIpc) is 2.76. The lowest BCUT2D eigenvalue weighted by atomic mass is 10.3. The number of thiophene rings is 1. The minimum Gasteiger partial charge on any atom is -0.477 e. The van der Waals surface area contributed by atoms with E-state index in [4.69, 9.17) is 16.7 Å². The first-order chi connectivity index (χ1) is 9.29. The molecule has 5 nitrogen and oxygen atoms in total. The Kier molecular flexibility index (Phi) is 3.98. The summed E-state index contributed by atoms with van der Waals surface area (Å²) in [6.07, 6.45) is 0. The summed E-state index contributed by atoms with van der Waals surface area (Å²) in [5.41, 5.74) is 0. The Labute approximate surface area is 122 Å². The molecule has 0 saturated heterocycles. The van der Waals surface area contributed by atoms with Crippen LogP contribution in [0, 0.1) is 5.82 Å². The standard InChI is InChI=1S/C11H7ClFNO4S2/c12-7-5-6(13)1-3-9(7)20(17,18)14-10-4-2-8(19-10)11(15)16/h1-5,14H,(H,15,16). The van der Waals surface area contributed by atoms with Crippen molar-refractivity contribution in [3.63, 3.8) is 0 Å². The number of rotatable bonds is 4. The number of aromatic carboxylic acids is 1. The monoisotopic (exact) mass is 335 g/mol. The van der Waals surface area contributed by atoms with Crippen molar-refractivity contribution in [3.8, 4) is 0 Å². The Bertz CT molecular complexity index is 772. The summed E-state index contributed by atoms with van der Waals surface area (Å²) >= 11 is 6.45. The molecular formula is C11H7ClFNO4S2. The van der Waals surface area contributed by atoms with Gasteiger partial charge in [-0.15, -0.1) is 11.3 Å². The topological polar surface area (TPSA) is 83.5 Å². The van der Waals surface area contributed by atoms with E-state index in [1.54, 1.807) is 0 Å². The predicted molar refractivity (Wildman–Crippen MR) is 73.5 cm³/mol. The highest BCUT2D eigenvalue weighted by molar-refractivity contribution is 7.93. The van der Waals surface area contributed by atoms with Gasteiger partial charge in [0.2, 0.25) is 0 Å². The maximum atomic E-state index is 12.9. The average molecular weight is 336 g/mol. The Hall–Kier alpha value is -1.64. The predicted octanol–water partition coefficient (Wildman–Crippen LogP) is 3.04. The molecule has 0 radical (unpaired) electrons. The van der Waals surface area contributed by atoms with Gasteiger partial charge in [0.05, 0.1) is 5.02 Å². The van der Waals surface area contributed by atoms with E-state index in [-0.39, 0.29) is 19.8 Å². The maximum absolute atomic E-state index is 12.9. The molecule has 0 fully saturated rings. The quantitative estimate of drug-likeness (QED) is 0.899. The minimum absolute atomic E-state index is 0.00657. The van der Waals surface area contributed by atoms with Crippen molar-refractivity contribution in [1.82, 2.24) is 0 Å². The molecule has 106 valence electrons. The van der Waals surface area contributed by atoms with Crippen molar-refractivity contribution in [3.05, 3.63) is 46.0 Å². The van der Waals surface area contributed by atoms with E-state index in [1.165, 1.54) is 12.1 Å². The van der Waals surface area contributed by atoms with Crippen LogP contribution in [0.2, 0.25) is 5.02 Å². The smallest absolute Gasteiger partial charge is 0.345 e. The number of sulfonamides is 1. The summed E-state index contributed by atoms with van der Waals surface area (Å²) in [5, 5.41) is 8.63. The van der Waals surface area contributed by atoms with Gasteiger partial charge in [-0.25, -0.2) is 17.6 Å². The van der Waals surface area contributed by atoms with Crippen LogP contribution < -0.4 is 4.72 Å². The van der Waals surface area contributed by atoms with Crippen LogP contribution in [-0.4, -0.2) is 19.5 Å². The Morgan fingerprint density at radius 1 is 1.30 bits per heavy atom. The largest absolute Gasteiger partial charge is 0.477 e. The second-order valence-electron chi connectivity index (χ2n) is 3.65. The number of benzene rings is 1. The van der Waals surface area contributed by atoms with Gasteiger partial charge in [-0.05, 0) is 30.3 Å². The van der Waals surface area contributed by atoms with E-state index in [2.05, 4.69) is 4.72 Å². The Morgan fingerprint density at radius 2 is 2.00 bits per heavy atom. The van der Waals surface area contributed by atoms with Crippen molar-refractivity contribution in [2.45, 2.75) is 4.90 Å². The third-order valence-electron chi connectivity index (χ3n) is 2.24. The molecule has 0 unspecified atom stereocenters. The number of anilines is 1. The van der Waals surface area contributed by atoms with Crippen molar-refractivity contribution in [2.75, 3.05) is 4.72 Å². The molecule has 0 aliphatic carbocycles. The number of hydrogen-bond donors (Lipinski definition) is 2. The molecule has 20 heavy (non-hydrogen) atoms. The molecule has 0 aliphatic heterocycles. The summed E-state index contributed by atoms with van der Waals surface area (Å²) < 4.78 is 39.2. The summed E-state index contributed by atoms with van der Waals surface area (Å²) in [6.45, 7) is 0. The number of hydrogen-bond acceptors (Lipinski definition) is 4. The van der Waals surface area contributed by atoms with Gasteiger partial charge in [0, 0.05) is 0 Å². The van der Waals surface area contributed by atoms with Gasteiger partial charge in [-0.3, -0.25) is 4.72 Å². The van der Waals surface area contributed by atoms with E-state index in [0.717, 1.165) is 29.5 Å². The fourth-order valence-corrected chi connectivity index (χ4v) is 3.96. The first kappa shape index (κ1) is 14.8. The van der Waals surface area contributed by atoms with Gasteiger partial charge in [0.1, 0.15) is 20.6 Å². The van der Waals surface area contributed by atoms with Crippen molar-refractivity contribution in [2.24, 2.45) is 0 Å². The highest BCUT2D eigenvalue weighted by Gasteiger charge is 2.20. The summed E-state index contributed by atoms with van der Waals surface area (Å²) in [5.74, 6) is -1.81. The summed E-state index contributed by atoms with van der Waals surface area (Å²) in [7, 11) is -4.00. The second kappa shape index (κ2) is 5.39. The van der Waals surface area contributed by atoms with E-state index in [0.29, 0.717) is 0 Å². The van der Waals surface area contributed by atoms with Crippen LogP contribution in [0.3, 0.4) is 0 Å². The van der Waals surface area contributed by atoms with Gasteiger partial charge >= 0.3 is 5.97 Å². The molecule has 2 rings (SSSR count). The zero-order chi connectivity index (χ0) is 14.9. The Balaban J connectivity index is 2.33. The first-order valence-corrected chi connectivity index (χ1v) is 7.78. The van der Waals surface area contributed by atoms with Gasteiger partial charge in [0.25, 0.3) is 10.0 Å². The van der Waals surface area contributed by atoms with Crippen molar-refractivity contribution < 1.29 is 22.7 Å². The van der Waals surface area contributed by atoms with Crippen LogP contribution in [0.5, 0.6) is 0 Å². The molecule has 0 bridgehead atoms. The number of carboxylic acids is 1. The fraction of sp³-hybridized carbons (Fsp3) is 0. The van der Waals surface area contributed by atoms with Crippen molar-refractivity contribution in [1.29, 1.82) is 0 Å². The lowest BCUT2D eigenvalue weighted by molar-refractivity contribution is 0.0702. The van der Waals surface area contributed by atoms with Gasteiger partial charge in [-0.2, -0.15) is 0 Å². The highest BCUT2D eigenvalue weighted by atomic mass is 35.5. The van der Waals surface area contributed by atoms with Gasteiger partial charge in [-0.1, -0.05) is 11.6 Å². The lowest BCUT2D eigenvalue weighted by Gasteiger charge is -2.07. The van der Waals surface area contributed by atoms with Crippen molar-refractivity contribution >= 4 is 43.9 Å². The van der Waals surface area contributed by atoms with E-state index < -0.39 is 21.8 Å². The van der Waals surface area contributed by atoms with Crippen LogP contribution in [0.4, 0.5) is 9.39 Å². The summed E-state index contributed by atoms with van der Waals surface area (Å²) in [4.78, 5) is 10.4. The molecule has 0 saturated carbocycles. The van der Waals surface area contributed by atoms with Crippen LogP contribution in [-0.2, 0) is 10.0 Å². The molecule has 0 aliphatic rings. The van der Waals surface area contributed by atoms with E-state index >= 15 is 0 Å². The van der Waals surface area contributed by atoms with Crippen LogP contribution in [0.15, 0.2) is 35.2 Å². The molecule has 2 aromatic rings. The van der Waals surface area contributed by atoms with E-state index in [9.17, 15) is 17.6 Å². The van der Waals surface area contributed by atoms with E-state index in [1.807, 2.05) is 0 Å². The molecule has 0 atom stereocenters. The third-order valence-corrected chi connectivity index (χ3v) is 5.20. The second-order valence-corrected chi connectivity index (χ2v) is 6.79. The molecule has 1 heterocycles. The Morgan fingerprint density at radius 3 is 2.55 bits per heavy atom. The SMILES string of the molecule is O=C(O)c1ccc(NS(=O)(=O)c2ccc(F)cc2Cl)s1. The normalized spacial score (nSPS) is 11.3. The maximum Gasteiger partial charge on any atom is 0.345 e. The lowest BCUT2D eigenvalue weighted by Crippen LogP contribution is -2.12. The molecule has 9 heteroatoms. The molecule has 1 aromatic heterocycles. The first-order valence-electron chi connectivity index (χ1n) is 5.10. The number of carbonyl (C=O) groups is 1. The van der Waals surface area contributed by atoms with Gasteiger partial charge < -0.3 is 5.11 Å². The van der Waals surface area contributed by atoms with Gasteiger partial charge in [0.15, 0.2) is 0 Å². The van der Waals surface area contributed by atoms with Crippen LogP contribution in [0.1, 0.15) is 9.67 Å². The zero-order valence-corrected chi connectivity index (χ0v) is 12.0. The number of nitrogens with one attached hydrogen (secondary N) is 1. The molecule has 0 spiro atoms. The van der Waals surface area contributed by atoms with Crippen LogP contribution >= 0.6 is 22.9 Å². The van der Waals surface area contributed by atoms with Crippen LogP contribution in [0.25, 0.3) is 0 Å². The molecular weight excluding hydrogens is 329 g/mol. The fourth-order valence-electron chi connectivity index (χ4n) is 1.39. The molecule has 0 amide bonds. The summed E-state index contributed by atoms with van der Waals surface area (Å²) in [6, 6.07) is 5.48.